The van der Waals surface area contributed by atoms with Crippen molar-refractivity contribution in [3.8, 4) is 23.0 Å². The minimum atomic E-state index is -0.781. The number of hydrogen-bond acceptors (Lipinski definition) is 14. The molecule has 0 aliphatic carbocycles. The number of carbonyl (C=O) groups is 8. The average Bonchev–Trinajstić information content (AvgIpc) is 3.78. The molecule has 0 aromatic heterocycles. The number of hydrogen-bond donors (Lipinski definition) is 0. The molecular formula is C38H24N2O14. The van der Waals surface area contributed by atoms with Crippen LogP contribution in [0, 0.1) is 0 Å². The van der Waals surface area contributed by atoms with Gasteiger partial charge < -0.3 is 28.4 Å². The Balaban J connectivity index is 0.770. The summed E-state index contributed by atoms with van der Waals surface area (Å²) in [5.74, 6) is -4.14. The van der Waals surface area contributed by atoms with E-state index in [1.165, 1.54) is 72.8 Å². The quantitative estimate of drug-likeness (QED) is 0.0832. The number of cyclic esters (lactones) is 4. The van der Waals surface area contributed by atoms with Gasteiger partial charge in [-0.2, -0.15) is 0 Å². The lowest BCUT2D eigenvalue weighted by atomic mass is 10.1. The second kappa shape index (κ2) is 13.5. The molecule has 0 saturated carbocycles. The van der Waals surface area contributed by atoms with Crippen molar-refractivity contribution in [2.45, 2.75) is 0 Å². The van der Waals surface area contributed by atoms with Gasteiger partial charge in [0.15, 0.2) is 0 Å². The third-order valence-corrected chi connectivity index (χ3v) is 8.88. The summed E-state index contributed by atoms with van der Waals surface area (Å²) >= 11 is 0. The van der Waals surface area contributed by atoms with Gasteiger partial charge in [0.25, 0.3) is 23.6 Å². The summed E-state index contributed by atoms with van der Waals surface area (Å²) < 4.78 is 31.8. The number of benzene rings is 4. The summed E-state index contributed by atoms with van der Waals surface area (Å²) in [5.41, 5.74) is 1.06. The van der Waals surface area contributed by atoms with Crippen LogP contribution in [-0.4, -0.2) is 96.8 Å². The zero-order valence-corrected chi connectivity index (χ0v) is 27.8. The van der Waals surface area contributed by atoms with Crippen molar-refractivity contribution in [3.63, 3.8) is 0 Å². The van der Waals surface area contributed by atoms with E-state index in [4.69, 9.17) is 18.9 Å². The van der Waals surface area contributed by atoms with E-state index in [2.05, 4.69) is 9.47 Å². The Morgan fingerprint density at radius 3 is 1.07 bits per heavy atom. The van der Waals surface area contributed by atoms with Crippen molar-refractivity contribution in [2.75, 3.05) is 39.5 Å². The Hall–Kier alpha value is -7.04. The lowest BCUT2D eigenvalue weighted by molar-refractivity contribution is 0.0285. The summed E-state index contributed by atoms with van der Waals surface area (Å²) in [6.07, 6.45) is 0. The number of nitrogens with zero attached hydrogens (tertiary/aromatic N) is 2. The molecule has 0 N–H and O–H groups in total. The van der Waals surface area contributed by atoms with Gasteiger partial charge in [-0.3, -0.25) is 29.0 Å². The molecule has 4 heterocycles. The SMILES string of the molecule is O=C1OC(=O)c2cc(Oc3ccc4c(c3)C(=O)N(CCOCCOCCN3C(=O)c5ccc(Oc6ccc7c(c6)C(=O)OC7=O)cc5C3=O)C4=O)ccc21. The normalized spacial score (nSPS) is 15.4. The van der Waals surface area contributed by atoms with E-state index >= 15 is 0 Å². The molecule has 0 atom stereocenters. The van der Waals surface area contributed by atoms with Crippen molar-refractivity contribution < 1.29 is 66.8 Å². The first-order valence-electron chi connectivity index (χ1n) is 16.4. The predicted molar refractivity (Wildman–Crippen MR) is 178 cm³/mol. The van der Waals surface area contributed by atoms with Gasteiger partial charge in [0, 0.05) is 0 Å². The van der Waals surface area contributed by atoms with Crippen LogP contribution in [0.2, 0.25) is 0 Å². The van der Waals surface area contributed by atoms with E-state index in [-0.39, 0.29) is 107 Å². The fourth-order valence-electron chi connectivity index (χ4n) is 6.23. The Morgan fingerprint density at radius 1 is 0.370 bits per heavy atom. The van der Waals surface area contributed by atoms with Crippen LogP contribution in [0.5, 0.6) is 23.0 Å². The molecule has 0 unspecified atom stereocenters. The molecular weight excluding hydrogens is 708 g/mol. The number of amides is 4. The fraction of sp³-hybridized carbons (Fsp3) is 0.158. The topological polar surface area (TPSA) is 198 Å². The molecule has 270 valence electrons. The van der Waals surface area contributed by atoms with Gasteiger partial charge in [-0.1, -0.05) is 0 Å². The molecule has 4 aromatic rings. The first-order valence-corrected chi connectivity index (χ1v) is 16.4. The highest BCUT2D eigenvalue weighted by Gasteiger charge is 2.37. The van der Waals surface area contributed by atoms with Crippen LogP contribution in [0.15, 0.2) is 72.8 Å². The van der Waals surface area contributed by atoms with Gasteiger partial charge in [-0.05, 0) is 72.8 Å². The largest absolute Gasteiger partial charge is 0.457 e. The Labute approximate surface area is 303 Å². The van der Waals surface area contributed by atoms with Crippen molar-refractivity contribution in [1.29, 1.82) is 0 Å². The second-order valence-corrected chi connectivity index (χ2v) is 12.1. The molecule has 0 fully saturated rings. The van der Waals surface area contributed by atoms with E-state index in [0.717, 1.165) is 9.80 Å². The standard InChI is InChI=1S/C38H24N2O14/c41-31-23-5-1-19(51-21-3-7-25-29(17-21)37(47)53-35(25)45)15-27(23)33(43)39(31)9-11-49-13-14-50-12-10-40-32(42)24-6-2-20(16-28(24)34(40)44)52-22-4-8-26-30(18-22)38(48)54-36(26)46/h1-8,15-18H,9-14H2. The minimum Gasteiger partial charge on any atom is -0.457 e. The highest BCUT2D eigenvalue weighted by atomic mass is 16.6. The molecule has 4 aliphatic heterocycles. The maximum atomic E-state index is 13.0. The van der Waals surface area contributed by atoms with Crippen LogP contribution >= 0.6 is 0 Å². The molecule has 54 heavy (non-hydrogen) atoms. The van der Waals surface area contributed by atoms with Gasteiger partial charge in [-0.25, -0.2) is 19.2 Å². The molecule has 4 aromatic carbocycles. The van der Waals surface area contributed by atoms with Crippen LogP contribution in [0.1, 0.15) is 82.9 Å². The zero-order valence-electron chi connectivity index (χ0n) is 27.8. The molecule has 4 amide bonds. The van der Waals surface area contributed by atoms with E-state index in [1.54, 1.807) is 0 Å². The van der Waals surface area contributed by atoms with Crippen LogP contribution in [-0.2, 0) is 18.9 Å². The van der Waals surface area contributed by atoms with Crippen molar-refractivity contribution in [3.05, 3.63) is 117 Å². The molecule has 4 aliphatic rings. The molecule has 0 saturated heterocycles. The van der Waals surface area contributed by atoms with Crippen LogP contribution in [0.3, 0.4) is 0 Å². The van der Waals surface area contributed by atoms with Crippen molar-refractivity contribution in [1.82, 2.24) is 9.80 Å². The summed E-state index contributed by atoms with van der Waals surface area (Å²) in [4.78, 5) is 101. The predicted octanol–water partition coefficient (Wildman–Crippen LogP) is 3.82. The summed E-state index contributed by atoms with van der Waals surface area (Å²) in [5, 5.41) is 0. The van der Waals surface area contributed by atoms with E-state index in [0.29, 0.717) is 0 Å². The summed E-state index contributed by atoms with van der Waals surface area (Å²) in [7, 11) is 0. The molecule has 16 heteroatoms. The maximum Gasteiger partial charge on any atom is 0.347 e. The first kappa shape index (κ1) is 34.1. The third kappa shape index (κ3) is 6.04. The lowest BCUT2D eigenvalue weighted by Crippen LogP contribution is -2.34. The van der Waals surface area contributed by atoms with Gasteiger partial charge in [-0.15, -0.1) is 0 Å². The summed E-state index contributed by atoms with van der Waals surface area (Å²) in [6, 6.07) is 17.3. The van der Waals surface area contributed by atoms with Crippen LogP contribution in [0.25, 0.3) is 0 Å². The van der Waals surface area contributed by atoms with Gasteiger partial charge >= 0.3 is 23.9 Å². The number of imide groups is 2. The number of rotatable bonds is 13. The highest BCUT2D eigenvalue weighted by molar-refractivity contribution is 6.22. The Bertz CT molecular complexity index is 2220. The number of esters is 4. The van der Waals surface area contributed by atoms with E-state index in [1.807, 2.05) is 0 Å². The van der Waals surface area contributed by atoms with Crippen molar-refractivity contribution >= 4 is 47.5 Å². The number of fused-ring (bicyclic) bond motifs is 4. The Kier molecular flexibility index (Phi) is 8.52. The molecule has 8 rings (SSSR count). The Morgan fingerprint density at radius 2 is 0.685 bits per heavy atom. The molecule has 0 radical (unpaired) electrons. The summed E-state index contributed by atoms with van der Waals surface area (Å²) in [6.45, 7) is 0.222. The number of ether oxygens (including phenoxy) is 6. The molecule has 0 bridgehead atoms. The van der Waals surface area contributed by atoms with Gasteiger partial charge in [0.1, 0.15) is 23.0 Å². The van der Waals surface area contributed by atoms with E-state index < -0.39 is 47.5 Å². The third-order valence-electron chi connectivity index (χ3n) is 8.88. The first-order chi connectivity index (χ1) is 26.1. The molecule has 16 nitrogen and oxygen atoms in total. The zero-order chi connectivity index (χ0) is 37.7. The van der Waals surface area contributed by atoms with Crippen molar-refractivity contribution in [2.24, 2.45) is 0 Å². The monoisotopic (exact) mass is 732 g/mol. The number of carbonyl (C=O) groups excluding carboxylic acids is 8. The van der Waals surface area contributed by atoms with Gasteiger partial charge in [0.05, 0.1) is 84.0 Å². The average molecular weight is 733 g/mol. The smallest absolute Gasteiger partial charge is 0.347 e. The van der Waals surface area contributed by atoms with Gasteiger partial charge in [0.2, 0.25) is 0 Å². The van der Waals surface area contributed by atoms with E-state index in [9.17, 15) is 38.4 Å². The van der Waals surface area contributed by atoms with Crippen LogP contribution < -0.4 is 9.47 Å². The maximum absolute atomic E-state index is 13.0. The van der Waals surface area contributed by atoms with Crippen LogP contribution in [0.4, 0.5) is 0 Å². The highest BCUT2D eigenvalue weighted by Crippen LogP contribution is 2.33. The minimum absolute atomic E-state index is 0.0249. The lowest BCUT2D eigenvalue weighted by Gasteiger charge is -2.15. The molecule has 0 spiro atoms. The second-order valence-electron chi connectivity index (χ2n) is 12.1. The fourth-order valence-corrected chi connectivity index (χ4v) is 6.23.